The van der Waals surface area contributed by atoms with E-state index in [2.05, 4.69) is 15.3 Å². The lowest BCUT2D eigenvalue weighted by Crippen LogP contribution is -2.14. The fraction of sp³-hybridized carbons (Fsp3) is 0.0833. The second-order valence-corrected chi connectivity index (χ2v) is 4.11. The minimum absolute atomic E-state index is 0.281. The molecule has 0 atom stereocenters. The van der Waals surface area contributed by atoms with Crippen molar-refractivity contribution in [3.05, 3.63) is 47.0 Å². The molecule has 0 saturated carbocycles. The minimum atomic E-state index is -0.281. The molecule has 3 N–H and O–H groups in total. The van der Waals surface area contributed by atoms with Crippen LogP contribution in [0.4, 0.5) is 11.4 Å². The molecule has 0 aliphatic rings. The lowest BCUT2D eigenvalue weighted by atomic mass is 10.2. The molecule has 2 rings (SSSR count). The first kappa shape index (κ1) is 12.3. The number of amides is 1. The second-order valence-electron chi connectivity index (χ2n) is 3.73. The Bertz CT molecular complexity index is 583. The molecule has 92 valence electrons. The van der Waals surface area contributed by atoms with Crippen molar-refractivity contribution in [2.24, 2.45) is 0 Å². The average Bonchev–Trinajstić information content (AvgIpc) is 2.35. The first-order valence-corrected chi connectivity index (χ1v) is 5.59. The Morgan fingerprint density at radius 2 is 2.11 bits per heavy atom. The maximum atomic E-state index is 12.0. The highest BCUT2D eigenvalue weighted by molar-refractivity contribution is 6.29. The quantitative estimate of drug-likeness (QED) is 0.814. The van der Waals surface area contributed by atoms with Gasteiger partial charge in [0, 0.05) is 0 Å². The maximum Gasteiger partial charge on any atom is 0.257 e. The number of hydrogen-bond donors (Lipinski definition) is 2. The van der Waals surface area contributed by atoms with E-state index in [4.69, 9.17) is 17.3 Å². The summed E-state index contributed by atoms with van der Waals surface area (Å²) in [5.41, 5.74) is 7.66. The van der Waals surface area contributed by atoms with E-state index in [9.17, 15) is 4.79 Å². The zero-order valence-corrected chi connectivity index (χ0v) is 10.4. The van der Waals surface area contributed by atoms with Crippen LogP contribution < -0.4 is 11.1 Å². The van der Waals surface area contributed by atoms with E-state index in [-0.39, 0.29) is 5.91 Å². The van der Waals surface area contributed by atoms with Gasteiger partial charge in [0.2, 0.25) is 0 Å². The number of pyridine rings is 2. The molecule has 0 fully saturated rings. The monoisotopic (exact) mass is 262 g/mol. The van der Waals surface area contributed by atoms with Crippen molar-refractivity contribution in [3.8, 4) is 0 Å². The van der Waals surface area contributed by atoms with Gasteiger partial charge in [0.15, 0.2) is 0 Å². The zero-order chi connectivity index (χ0) is 13.1. The highest BCUT2D eigenvalue weighted by Crippen LogP contribution is 2.14. The number of nitrogens with one attached hydrogen (secondary N) is 1. The summed E-state index contributed by atoms with van der Waals surface area (Å²) in [6, 6.07) is 4.85. The first-order valence-electron chi connectivity index (χ1n) is 5.21. The number of rotatable bonds is 2. The Morgan fingerprint density at radius 1 is 1.33 bits per heavy atom. The molecule has 0 unspecified atom stereocenters. The Kier molecular flexibility index (Phi) is 3.43. The van der Waals surface area contributed by atoms with Gasteiger partial charge >= 0.3 is 0 Å². The molecule has 0 aliphatic carbocycles. The van der Waals surface area contributed by atoms with Crippen molar-refractivity contribution in [1.29, 1.82) is 0 Å². The van der Waals surface area contributed by atoms with Crippen molar-refractivity contribution in [3.63, 3.8) is 0 Å². The highest BCUT2D eigenvalue weighted by atomic mass is 35.5. The topological polar surface area (TPSA) is 80.9 Å². The number of nitrogen functional groups attached to an aromatic ring is 1. The molecule has 5 nitrogen and oxygen atoms in total. The third-order valence-corrected chi connectivity index (χ3v) is 2.56. The van der Waals surface area contributed by atoms with Crippen molar-refractivity contribution < 1.29 is 4.79 Å². The van der Waals surface area contributed by atoms with Gasteiger partial charge in [-0.3, -0.25) is 9.78 Å². The lowest BCUT2D eigenvalue weighted by Gasteiger charge is -2.07. The van der Waals surface area contributed by atoms with Crippen LogP contribution in [0.15, 0.2) is 30.6 Å². The molecule has 1 amide bonds. The summed E-state index contributed by atoms with van der Waals surface area (Å²) < 4.78 is 0. The van der Waals surface area contributed by atoms with Crippen molar-refractivity contribution in [2.45, 2.75) is 6.92 Å². The number of halogens is 1. The Morgan fingerprint density at radius 3 is 2.78 bits per heavy atom. The van der Waals surface area contributed by atoms with Gasteiger partial charge in [0.25, 0.3) is 5.91 Å². The Labute approximate surface area is 109 Å². The number of nitrogens with two attached hydrogens (primary N) is 1. The Balaban J connectivity index is 2.21. The lowest BCUT2D eigenvalue weighted by molar-refractivity contribution is 0.102. The molecule has 0 saturated heterocycles. The van der Waals surface area contributed by atoms with E-state index in [0.29, 0.717) is 27.8 Å². The number of nitrogens with zero attached hydrogens (tertiary/aromatic N) is 2. The predicted octanol–water partition coefficient (Wildman–Crippen LogP) is 2.27. The fourth-order valence-electron chi connectivity index (χ4n) is 1.43. The van der Waals surface area contributed by atoms with Crippen LogP contribution in [0.25, 0.3) is 0 Å². The van der Waals surface area contributed by atoms with Gasteiger partial charge in [0.05, 0.1) is 35.0 Å². The zero-order valence-electron chi connectivity index (χ0n) is 9.64. The fourth-order valence-corrected chi connectivity index (χ4v) is 1.54. The van der Waals surface area contributed by atoms with Crippen molar-refractivity contribution in [1.82, 2.24) is 9.97 Å². The van der Waals surface area contributed by atoms with E-state index in [1.165, 1.54) is 12.4 Å². The van der Waals surface area contributed by atoms with E-state index >= 15 is 0 Å². The molecule has 2 aromatic rings. The van der Waals surface area contributed by atoms with E-state index < -0.39 is 0 Å². The van der Waals surface area contributed by atoms with Gasteiger partial charge in [-0.25, -0.2) is 4.98 Å². The smallest absolute Gasteiger partial charge is 0.257 e. The normalized spacial score (nSPS) is 10.1. The van der Waals surface area contributed by atoms with Crippen LogP contribution in [-0.2, 0) is 0 Å². The summed E-state index contributed by atoms with van der Waals surface area (Å²) >= 11 is 5.66. The van der Waals surface area contributed by atoms with Crippen LogP contribution >= 0.6 is 11.6 Å². The maximum absolute atomic E-state index is 12.0. The summed E-state index contributed by atoms with van der Waals surface area (Å²) in [5.74, 6) is -0.281. The number of aryl methyl sites for hydroxylation is 1. The molecule has 0 aromatic carbocycles. The molecular weight excluding hydrogens is 252 g/mol. The van der Waals surface area contributed by atoms with Crippen LogP contribution in [0.5, 0.6) is 0 Å². The number of carbonyl (C=O) groups excluding carboxylic acids is 1. The molecule has 2 heterocycles. The van der Waals surface area contributed by atoms with E-state index in [1.807, 2.05) is 0 Å². The third kappa shape index (κ3) is 2.75. The van der Waals surface area contributed by atoms with Gasteiger partial charge in [-0.1, -0.05) is 11.6 Å². The van der Waals surface area contributed by atoms with Crippen LogP contribution in [0.1, 0.15) is 16.1 Å². The molecule has 0 radical (unpaired) electrons. The number of anilines is 2. The van der Waals surface area contributed by atoms with Gasteiger partial charge in [-0.2, -0.15) is 0 Å². The van der Waals surface area contributed by atoms with Gasteiger partial charge < -0.3 is 11.1 Å². The summed E-state index contributed by atoms with van der Waals surface area (Å²) in [6.45, 7) is 1.74. The molecule has 2 aromatic heterocycles. The summed E-state index contributed by atoms with van der Waals surface area (Å²) in [5, 5.41) is 3.07. The van der Waals surface area contributed by atoms with Crippen LogP contribution in [0.2, 0.25) is 5.15 Å². The van der Waals surface area contributed by atoms with Crippen molar-refractivity contribution >= 4 is 28.9 Å². The van der Waals surface area contributed by atoms with Crippen LogP contribution in [0.3, 0.4) is 0 Å². The molecule has 0 spiro atoms. The third-order valence-electron chi connectivity index (χ3n) is 2.34. The molecular formula is C12H11ClN4O. The van der Waals surface area contributed by atoms with Gasteiger partial charge in [-0.05, 0) is 25.1 Å². The minimum Gasteiger partial charge on any atom is -0.397 e. The molecule has 0 bridgehead atoms. The van der Waals surface area contributed by atoms with Gasteiger partial charge in [-0.15, -0.1) is 0 Å². The standard InChI is InChI=1S/C12H11ClN4O/c1-7-10(4-8(14)5-15-7)12(18)17-9-2-3-11(13)16-6-9/h2-6H,14H2,1H3,(H,17,18). The average molecular weight is 263 g/mol. The van der Waals surface area contributed by atoms with E-state index in [1.54, 1.807) is 25.1 Å². The van der Waals surface area contributed by atoms with E-state index in [0.717, 1.165) is 0 Å². The highest BCUT2D eigenvalue weighted by Gasteiger charge is 2.10. The number of aromatic nitrogens is 2. The van der Waals surface area contributed by atoms with Gasteiger partial charge in [0.1, 0.15) is 5.15 Å². The van der Waals surface area contributed by atoms with Crippen LogP contribution in [-0.4, -0.2) is 15.9 Å². The molecule has 6 heteroatoms. The van der Waals surface area contributed by atoms with Crippen LogP contribution in [0, 0.1) is 6.92 Å². The number of carbonyl (C=O) groups is 1. The SMILES string of the molecule is Cc1ncc(N)cc1C(=O)Nc1ccc(Cl)nc1. The van der Waals surface area contributed by atoms with Crippen molar-refractivity contribution in [2.75, 3.05) is 11.1 Å². The molecule has 0 aliphatic heterocycles. The Hall–Kier alpha value is -2.14. The summed E-state index contributed by atoms with van der Waals surface area (Å²) in [6.07, 6.45) is 2.99. The predicted molar refractivity (Wildman–Crippen MR) is 70.6 cm³/mol. The second kappa shape index (κ2) is 5.01. The largest absolute Gasteiger partial charge is 0.397 e. The summed E-state index contributed by atoms with van der Waals surface area (Å²) in [4.78, 5) is 19.9. The summed E-state index contributed by atoms with van der Waals surface area (Å²) in [7, 11) is 0. The first-order chi connectivity index (χ1) is 8.56. The molecule has 18 heavy (non-hydrogen) atoms. The number of hydrogen-bond acceptors (Lipinski definition) is 4.